The molecule has 140 valence electrons. The summed E-state index contributed by atoms with van der Waals surface area (Å²) in [6.45, 7) is 3.63. The van der Waals surface area contributed by atoms with Crippen LogP contribution in [-0.4, -0.2) is 13.0 Å². The van der Waals surface area contributed by atoms with Gasteiger partial charge in [-0.1, -0.05) is 12.1 Å². The minimum Gasteiger partial charge on any atom is -0.494 e. The number of amides is 1. The van der Waals surface area contributed by atoms with Gasteiger partial charge in [-0.15, -0.1) is 0 Å². The first kappa shape index (κ1) is 18.5. The molecule has 3 rings (SSSR count). The van der Waals surface area contributed by atoms with Crippen LogP contribution < -0.4 is 15.4 Å². The number of hydrogen-bond donors (Lipinski definition) is 2. The summed E-state index contributed by atoms with van der Waals surface area (Å²) >= 11 is 0. The van der Waals surface area contributed by atoms with E-state index in [1.54, 1.807) is 32.2 Å². The fraction of sp³-hybridized carbons (Fsp3) is 0.190. The minimum atomic E-state index is -0.255. The summed E-state index contributed by atoms with van der Waals surface area (Å²) in [5.74, 6) is 1.49. The zero-order valence-electron chi connectivity index (χ0n) is 15.4. The third-order valence-corrected chi connectivity index (χ3v) is 4.17. The van der Waals surface area contributed by atoms with Crippen LogP contribution in [0, 0.1) is 12.7 Å². The number of hydrogen-bond acceptors (Lipinski definition) is 4. The average Bonchev–Trinajstić information content (AvgIpc) is 3.11. The van der Waals surface area contributed by atoms with Crippen LogP contribution >= 0.6 is 0 Å². The van der Waals surface area contributed by atoms with Crippen molar-refractivity contribution in [3.05, 3.63) is 65.7 Å². The van der Waals surface area contributed by atoms with E-state index in [4.69, 9.17) is 9.15 Å². The summed E-state index contributed by atoms with van der Waals surface area (Å²) in [5, 5.41) is 5.96. The minimum absolute atomic E-state index is 0.162. The molecule has 2 aromatic carbocycles. The predicted octanol–water partition coefficient (Wildman–Crippen LogP) is 4.97. The maximum Gasteiger partial charge on any atom is 0.221 e. The summed E-state index contributed by atoms with van der Waals surface area (Å²) in [5.41, 5.74) is 2.73. The molecule has 0 aliphatic rings. The van der Waals surface area contributed by atoms with Crippen LogP contribution in [-0.2, 0) is 11.3 Å². The van der Waals surface area contributed by atoms with E-state index >= 15 is 0 Å². The van der Waals surface area contributed by atoms with E-state index in [0.29, 0.717) is 29.3 Å². The number of furan rings is 1. The van der Waals surface area contributed by atoms with Crippen molar-refractivity contribution in [2.24, 2.45) is 0 Å². The molecule has 3 aromatic rings. The molecule has 1 heterocycles. The molecule has 0 atom stereocenters. The highest BCUT2D eigenvalue weighted by molar-refractivity contribution is 5.90. The molecule has 1 amide bonds. The first-order valence-corrected chi connectivity index (χ1v) is 8.51. The van der Waals surface area contributed by atoms with Crippen molar-refractivity contribution in [2.45, 2.75) is 20.4 Å². The molecule has 6 heteroatoms. The zero-order chi connectivity index (χ0) is 19.4. The summed E-state index contributed by atoms with van der Waals surface area (Å²) < 4.78 is 24.9. The van der Waals surface area contributed by atoms with Crippen LogP contribution in [0.3, 0.4) is 0 Å². The first-order chi connectivity index (χ1) is 13.0. The van der Waals surface area contributed by atoms with Crippen molar-refractivity contribution >= 4 is 17.3 Å². The summed E-state index contributed by atoms with van der Waals surface area (Å²) in [6, 6.07) is 14.0. The second kappa shape index (κ2) is 7.95. The molecule has 0 saturated heterocycles. The van der Waals surface area contributed by atoms with Gasteiger partial charge in [0, 0.05) is 24.2 Å². The summed E-state index contributed by atoms with van der Waals surface area (Å²) in [7, 11) is 1.55. The van der Waals surface area contributed by atoms with Gasteiger partial charge in [0.2, 0.25) is 5.91 Å². The Hall–Kier alpha value is -3.28. The quantitative estimate of drug-likeness (QED) is 0.645. The van der Waals surface area contributed by atoms with Gasteiger partial charge < -0.3 is 19.8 Å². The Balaban J connectivity index is 1.71. The lowest BCUT2D eigenvalue weighted by Crippen LogP contribution is -2.07. The second-order valence-electron chi connectivity index (χ2n) is 6.13. The number of carbonyl (C=O) groups excluding carboxylic acids is 1. The maximum atomic E-state index is 13.7. The molecule has 0 spiro atoms. The third kappa shape index (κ3) is 4.28. The lowest BCUT2D eigenvalue weighted by atomic mass is 10.1. The van der Waals surface area contributed by atoms with E-state index in [1.165, 1.54) is 13.0 Å². The molecule has 0 unspecified atom stereocenters. The smallest absolute Gasteiger partial charge is 0.221 e. The van der Waals surface area contributed by atoms with Gasteiger partial charge in [0.15, 0.2) is 0 Å². The van der Waals surface area contributed by atoms with E-state index in [0.717, 1.165) is 17.0 Å². The topological polar surface area (TPSA) is 63.5 Å². The third-order valence-electron chi connectivity index (χ3n) is 4.17. The largest absolute Gasteiger partial charge is 0.494 e. The molecule has 0 radical (unpaired) electrons. The zero-order valence-corrected chi connectivity index (χ0v) is 15.4. The number of benzene rings is 2. The Morgan fingerprint density at radius 1 is 1.19 bits per heavy atom. The highest BCUT2D eigenvalue weighted by Crippen LogP contribution is 2.29. The number of halogens is 1. The SMILES string of the molecule is COc1cc(NCc2ccc(-c3cccc(F)c3C)o2)ccc1NC(C)=O. The molecule has 0 aliphatic heterocycles. The highest BCUT2D eigenvalue weighted by Gasteiger charge is 2.11. The number of ether oxygens (including phenoxy) is 1. The van der Waals surface area contributed by atoms with Crippen LogP contribution in [0.4, 0.5) is 15.8 Å². The Kier molecular flexibility index (Phi) is 5.45. The Morgan fingerprint density at radius 3 is 2.74 bits per heavy atom. The average molecular weight is 368 g/mol. The Bertz CT molecular complexity index is 966. The fourth-order valence-electron chi connectivity index (χ4n) is 2.78. The van der Waals surface area contributed by atoms with Crippen molar-refractivity contribution in [1.82, 2.24) is 0 Å². The molecule has 0 bridgehead atoms. The molecule has 1 aromatic heterocycles. The first-order valence-electron chi connectivity index (χ1n) is 8.51. The molecule has 0 saturated carbocycles. The molecule has 5 nitrogen and oxygen atoms in total. The number of carbonyl (C=O) groups is 1. The van der Waals surface area contributed by atoms with Gasteiger partial charge in [0.05, 0.1) is 19.3 Å². The van der Waals surface area contributed by atoms with Crippen LogP contribution in [0.5, 0.6) is 5.75 Å². The van der Waals surface area contributed by atoms with Crippen molar-refractivity contribution < 1.29 is 18.3 Å². The Labute approximate surface area is 157 Å². The van der Waals surface area contributed by atoms with E-state index < -0.39 is 0 Å². The van der Waals surface area contributed by atoms with E-state index in [2.05, 4.69) is 10.6 Å². The van der Waals surface area contributed by atoms with E-state index in [9.17, 15) is 9.18 Å². The van der Waals surface area contributed by atoms with Gasteiger partial charge in [-0.3, -0.25) is 4.79 Å². The van der Waals surface area contributed by atoms with E-state index in [1.807, 2.05) is 24.3 Å². The van der Waals surface area contributed by atoms with Gasteiger partial charge in [-0.05, 0) is 42.8 Å². The lowest BCUT2D eigenvalue weighted by molar-refractivity contribution is -0.114. The molecule has 0 aliphatic carbocycles. The van der Waals surface area contributed by atoms with Gasteiger partial charge in [-0.2, -0.15) is 0 Å². The van der Waals surface area contributed by atoms with Crippen LogP contribution in [0.15, 0.2) is 52.9 Å². The Morgan fingerprint density at radius 2 is 2.00 bits per heavy atom. The maximum absolute atomic E-state index is 13.7. The molecule has 0 fully saturated rings. The second-order valence-corrected chi connectivity index (χ2v) is 6.13. The van der Waals surface area contributed by atoms with Gasteiger partial charge in [0.25, 0.3) is 0 Å². The monoisotopic (exact) mass is 368 g/mol. The number of methoxy groups -OCH3 is 1. The summed E-state index contributed by atoms with van der Waals surface area (Å²) in [6.07, 6.45) is 0. The van der Waals surface area contributed by atoms with E-state index in [-0.39, 0.29) is 11.7 Å². The lowest BCUT2D eigenvalue weighted by Gasteiger charge is -2.12. The van der Waals surface area contributed by atoms with Crippen LogP contribution in [0.2, 0.25) is 0 Å². The molecule has 2 N–H and O–H groups in total. The van der Waals surface area contributed by atoms with Crippen molar-refractivity contribution in [3.8, 4) is 17.1 Å². The van der Waals surface area contributed by atoms with Gasteiger partial charge >= 0.3 is 0 Å². The highest BCUT2D eigenvalue weighted by atomic mass is 19.1. The molecular formula is C21H21FN2O3. The fourth-order valence-corrected chi connectivity index (χ4v) is 2.78. The number of anilines is 2. The van der Waals surface area contributed by atoms with Gasteiger partial charge in [-0.25, -0.2) is 4.39 Å². The summed E-state index contributed by atoms with van der Waals surface area (Å²) in [4.78, 5) is 11.2. The van der Waals surface area contributed by atoms with Crippen LogP contribution in [0.25, 0.3) is 11.3 Å². The van der Waals surface area contributed by atoms with Gasteiger partial charge in [0.1, 0.15) is 23.1 Å². The van der Waals surface area contributed by atoms with Crippen LogP contribution in [0.1, 0.15) is 18.2 Å². The predicted molar refractivity (Wildman–Crippen MR) is 103 cm³/mol. The number of nitrogens with one attached hydrogen (secondary N) is 2. The standard InChI is InChI=1S/C21H21FN2O3/c1-13-17(5-4-6-18(13)22)20-10-8-16(27-20)12-23-15-7-9-19(24-14(2)25)21(11-15)26-3/h4-11,23H,12H2,1-3H3,(H,24,25). The van der Waals surface area contributed by atoms with Crippen molar-refractivity contribution in [3.63, 3.8) is 0 Å². The van der Waals surface area contributed by atoms with Crippen molar-refractivity contribution in [2.75, 3.05) is 17.7 Å². The molecule has 27 heavy (non-hydrogen) atoms. The van der Waals surface area contributed by atoms with Crippen molar-refractivity contribution in [1.29, 1.82) is 0 Å². The normalized spacial score (nSPS) is 10.5. The number of rotatable bonds is 6. The molecular weight excluding hydrogens is 347 g/mol.